The van der Waals surface area contributed by atoms with Gasteiger partial charge in [0.05, 0.1) is 17.5 Å². The topological polar surface area (TPSA) is 90.5 Å². The van der Waals surface area contributed by atoms with Crippen LogP contribution in [0, 0.1) is 19.3 Å². The Morgan fingerprint density at radius 1 is 1.38 bits per heavy atom. The van der Waals surface area contributed by atoms with E-state index in [0.717, 1.165) is 69.4 Å². The lowest BCUT2D eigenvalue weighted by Crippen LogP contribution is -2.18. The van der Waals surface area contributed by atoms with Crippen LogP contribution in [0.3, 0.4) is 0 Å². The molecule has 0 radical (unpaired) electrons. The van der Waals surface area contributed by atoms with Crippen LogP contribution in [0.25, 0.3) is 20.5 Å². The van der Waals surface area contributed by atoms with Crippen molar-refractivity contribution in [2.75, 3.05) is 20.2 Å². The maximum Gasteiger partial charge on any atom is 0.149 e. The normalized spacial score (nSPS) is 16.5. The number of hydrogen-bond acceptors (Lipinski definition) is 4. The van der Waals surface area contributed by atoms with Crippen molar-refractivity contribution >= 4 is 33.6 Å². The van der Waals surface area contributed by atoms with E-state index in [1.54, 1.807) is 24.5 Å². The number of ether oxygens (including phenoxy) is 1. The quantitative estimate of drug-likeness (QED) is 0.260. The summed E-state index contributed by atoms with van der Waals surface area (Å²) in [5.41, 5.74) is 12.5. The van der Waals surface area contributed by atoms with Gasteiger partial charge < -0.3 is 20.4 Å². The molecule has 0 saturated carbocycles. The Labute approximate surface area is 192 Å². The molecular formula is C25H29N5OS. The third-order valence-corrected chi connectivity index (χ3v) is 7.54. The highest BCUT2D eigenvalue weighted by Crippen LogP contribution is 2.45. The molecule has 1 saturated heterocycles. The second-order valence-electron chi connectivity index (χ2n) is 8.18. The molecule has 4 rings (SSSR count). The highest BCUT2D eigenvalue weighted by Gasteiger charge is 2.28. The summed E-state index contributed by atoms with van der Waals surface area (Å²) in [5, 5.41) is 8.57. The van der Waals surface area contributed by atoms with Gasteiger partial charge in [-0.1, -0.05) is 19.2 Å². The lowest BCUT2D eigenvalue weighted by Gasteiger charge is -2.18. The number of thiophene rings is 1. The van der Waals surface area contributed by atoms with Gasteiger partial charge in [-0.2, -0.15) is 0 Å². The highest BCUT2D eigenvalue weighted by atomic mass is 32.1. The zero-order valence-electron chi connectivity index (χ0n) is 18.8. The molecule has 1 atom stereocenters. The van der Waals surface area contributed by atoms with Gasteiger partial charge in [-0.3, -0.25) is 5.41 Å². The van der Waals surface area contributed by atoms with E-state index in [9.17, 15) is 0 Å². The number of nitrogens with zero attached hydrogens (tertiary/aromatic N) is 2. The van der Waals surface area contributed by atoms with Crippen LogP contribution >= 0.6 is 11.3 Å². The summed E-state index contributed by atoms with van der Waals surface area (Å²) in [6.45, 7) is 14.0. The van der Waals surface area contributed by atoms with E-state index < -0.39 is 0 Å². The molecule has 0 bridgehead atoms. The number of aromatic amines is 1. The Hall–Kier alpha value is -3.32. The molecule has 7 heteroatoms. The van der Waals surface area contributed by atoms with Crippen molar-refractivity contribution in [3.8, 4) is 16.2 Å². The Kier molecular flexibility index (Phi) is 5.93. The maximum atomic E-state index is 7.39. The van der Waals surface area contributed by atoms with E-state index in [1.165, 1.54) is 10.9 Å². The lowest BCUT2D eigenvalue weighted by molar-refractivity contribution is 0.420. The zero-order chi connectivity index (χ0) is 23.0. The largest absolute Gasteiger partial charge is 0.495 e. The number of aliphatic imine (C=N–C) groups is 1. The first-order valence-electron chi connectivity index (χ1n) is 10.6. The van der Waals surface area contributed by atoms with Gasteiger partial charge in [-0.25, -0.2) is 4.99 Å². The average molecular weight is 448 g/mol. The molecule has 0 spiro atoms. The van der Waals surface area contributed by atoms with E-state index >= 15 is 0 Å². The average Bonchev–Trinajstić information content (AvgIpc) is 3.50. The predicted octanol–water partition coefficient (Wildman–Crippen LogP) is 5.32. The third kappa shape index (κ3) is 3.73. The van der Waals surface area contributed by atoms with Crippen molar-refractivity contribution in [3.63, 3.8) is 0 Å². The number of methoxy groups -OCH3 is 1. The molecule has 1 aromatic carbocycles. The van der Waals surface area contributed by atoms with E-state index in [0.29, 0.717) is 11.8 Å². The summed E-state index contributed by atoms with van der Waals surface area (Å²) < 4.78 is 6.78. The molecule has 6 nitrogen and oxygen atoms in total. The number of rotatable bonds is 7. The standard InChI is InChI=1S/C25H29N5OS/c1-6-15(3)30-8-7-17(12-30)20-11-19(22(29-20)25(27)28-13-26)23-16(4)18-9-14(2)10-21(31-5)24(18)32-23/h6,9-11,13,17,29H,1,3,7-8,12H2,2,4-5H3,(H3,26,27,28). The molecule has 1 aliphatic rings. The van der Waals surface area contributed by atoms with E-state index in [4.69, 9.17) is 15.9 Å². The molecule has 1 fully saturated rings. The van der Waals surface area contributed by atoms with Crippen LogP contribution in [0.15, 0.2) is 48.1 Å². The summed E-state index contributed by atoms with van der Waals surface area (Å²) in [6.07, 6.45) is 3.81. The number of likely N-dealkylation sites (tertiary alicyclic amines) is 1. The SMILES string of the molecule is C=CC(=C)N1CCC(c2cc(-c3sc4c(OC)cc(C)cc4c3C)c(/C(N)=N\C=N)[nH]2)C1. The van der Waals surface area contributed by atoms with Gasteiger partial charge in [0.2, 0.25) is 0 Å². The number of benzene rings is 1. The molecule has 1 unspecified atom stereocenters. The molecule has 32 heavy (non-hydrogen) atoms. The molecular weight excluding hydrogens is 418 g/mol. The van der Waals surface area contributed by atoms with Gasteiger partial charge in [0.15, 0.2) is 0 Å². The van der Waals surface area contributed by atoms with Crippen molar-refractivity contribution in [3.05, 3.63) is 65.6 Å². The molecule has 4 N–H and O–H groups in total. The Morgan fingerprint density at radius 2 is 2.16 bits per heavy atom. The van der Waals surface area contributed by atoms with Crippen molar-refractivity contribution in [2.45, 2.75) is 26.2 Å². The second-order valence-corrected chi connectivity index (χ2v) is 9.20. The zero-order valence-corrected chi connectivity index (χ0v) is 19.6. The first-order chi connectivity index (χ1) is 15.4. The van der Waals surface area contributed by atoms with Gasteiger partial charge in [-0.05, 0) is 49.6 Å². The van der Waals surface area contributed by atoms with Gasteiger partial charge >= 0.3 is 0 Å². The second kappa shape index (κ2) is 8.67. The van der Waals surface area contributed by atoms with Crippen LogP contribution in [0.5, 0.6) is 5.75 Å². The van der Waals surface area contributed by atoms with Crippen molar-refractivity contribution in [2.24, 2.45) is 10.7 Å². The van der Waals surface area contributed by atoms with Crippen LogP contribution < -0.4 is 10.5 Å². The number of nitrogens with one attached hydrogen (secondary N) is 2. The number of H-pyrrole nitrogens is 1. The number of aryl methyl sites for hydroxylation is 2. The van der Waals surface area contributed by atoms with E-state index in [-0.39, 0.29) is 0 Å². The van der Waals surface area contributed by atoms with Gasteiger partial charge in [0.25, 0.3) is 0 Å². The van der Waals surface area contributed by atoms with Crippen LogP contribution in [0.4, 0.5) is 0 Å². The summed E-state index contributed by atoms with van der Waals surface area (Å²) in [7, 11) is 1.71. The summed E-state index contributed by atoms with van der Waals surface area (Å²) >= 11 is 1.70. The fourth-order valence-corrected chi connectivity index (χ4v) is 5.75. The number of hydrogen-bond donors (Lipinski definition) is 3. The third-order valence-electron chi connectivity index (χ3n) is 6.18. The Balaban J connectivity index is 1.84. The first kappa shape index (κ1) is 21.9. The molecule has 1 aliphatic heterocycles. The first-order valence-corrected chi connectivity index (χ1v) is 11.4. The minimum Gasteiger partial charge on any atom is -0.495 e. The number of amidine groups is 1. The van der Waals surface area contributed by atoms with E-state index in [1.807, 2.05) is 0 Å². The molecule has 0 aliphatic carbocycles. The van der Waals surface area contributed by atoms with Crippen LogP contribution in [0.1, 0.15) is 34.9 Å². The summed E-state index contributed by atoms with van der Waals surface area (Å²) in [6, 6.07) is 6.46. The monoisotopic (exact) mass is 447 g/mol. The van der Waals surface area contributed by atoms with Crippen molar-refractivity contribution in [1.29, 1.82) is 5.41 Å². The van der Waals surface area contributed by atoms with Gasteiger partial charge in [-0.15, -0.1) is 11.3 Å². The Bertz CT molecular complexity index is 1250. The van der Waals surface area contributed by atoms with E-state index in [2.05, 4.69) is 60.1 Å². The van der Waals surface area contributed by atoms with Crippen LogP contribution in [-0.2, 0) is 0 Å². The number of fused-ring (bicyclic) bond motifs is 1. The Morgan fingerprint density at radius 3 is 2.84 bits per heavy atom. The van der Waals surface area contributed by atoms with Gasteiger partial charge in [0, 0.05) is 46.2 Å². The molecule has 3 heterocycles. The van der Waals surface area contributed by atoms with Crippen LogP contribution in [-0.4, -0.2) is 42.3 Å². The van der Waals surface area contributed by atoms with Crippen LogP contribution in [0.2, 0.25) is 0 Å². The highest BCUT2D eigenvalue weighted by molar-refractivity contribution is 7.23. The fourth-order valence-electron chi connectivity index (χ4n) is 4.45. The number of allylic oxidation sites excluding steroid dienone is 1. The summed E-state index contributed by atoms with van der Waals surface area (Å²) in [4.78, 5) is 11.0. The molecule has 2 aromatic heterocycles. The fraction of sp³-hybridized carbons (Fsp3) is 0.280. The number of aromatic nitrogens is 1. The molecule has 0 amide bonds. The smallest absolute Gasteiger partial charge is 0.149 e. The lowest BCUT2D eigenvalue weighted by atomic mass is 10.0. The molecule has 166 valence electrons. The van der Waals surface area contributed by atoms with Crippen molar-refractivity contribution in [1.82, 2.24) is 9.88 Å². The molecule has 3 aromatic rings. The summed E-state index contributed by atoms with van der Waals surface area (Å²) in [5.74, 6) is 1.53. The maximum absolute atomic E-state index is 7.39. The minimum absolute atomic E-state index is 0.312. The number of nitrogens with two attached hydrogens (primary N) is 1. The van der Waals surface area contributed by atoms with Gasteiger partial charge in [0.1, 0.15) is 17.9 Å². The van der Waals surface area contributed by atoms with Crippen molar-refractivity contribution < 1.29 is 4.74 Å². The predicted molar refractivity (Wildman–Crippen MR) is 135 cm³/mol. The minimum atomic E-state index is 0.312.